The van der Waals surface area contributed by atoms with Gasteiger partial charge in [0.05, 0.1) is 0 Å². The minimum absolute atomic E-state index is 0.427. The maximum absolute atomic E-state index is 11.4. The molecule has 3 atom stereocenters. The number of rotatable bonds is 1. The molecule has 0 aromatic rings. The van der Waals surface area contributed by atoms with Gasteiger partial charge in [0.2, 0.25) is 0 Å². The van der Waals surface area contributed by atoms with Gasteiger partial charge in [-0.3, -0.25) is 4.79 Å². The SMILES string of the molecule is CC1C=CC=C2C(C=O)=C3C=CC=CC3CC21. The van der Waals surface area contributed by atoms with Crippen molar-refractivity contribution >= 4 is 6.29 Å². The summed E-state index contributed by atoms with van der Waals surface area (Å²) >= 11 is 0. The summed E-state index contributed by atoms with van der Waals surface area (Å²) in [5.74, 6) is 1.47. The summed E-state index contributed by atoms with van der Waals surface area (Å²) in [6.45, 7) is 2.24. The number of carbonyl (C=O) groups is 1. The van der Waals surface area contributed by atoms with E-state index in [0.717, 1.165) is 18.3 Å². The lowest BCUT2D eigenvalue weighted by Gasteiger charge is -2.36. The van der Waals surface area contributed by atoms with Gasteiger partial charge in [0, 0.05) is 11.5 Å². The third-order valence-electron chi connectivity index (χ3n) is 4.10. The summed E-state index contributed by atoms with van der Waals surface area (Å²) in [5.41, 5.74) is 3.36. The summed E-state index contributed by atoms with van der Waals surface area (Å²) in [6, 6.07) is 0. The maximum Gasteiger partial charge on any atom is 0.150 e. The molecule has 0 radical (unpaired) electrons. The molecule has 3 unspecified atom stereocenters. The highest BCUT2D eigenvalue weighted by molar-refractivity contribution is 5.84. The second kappa shape index (κ2) is 3.99. The van der Waals surface area contributed by atoms with E-state index in [9.17, 15) is 4.79 Å². The number of hydrogen-bond acceptors (Lipinski definition) is 1. The van der Waals surface area contributed by atoms with Gasteiger partial charge in [-0.1, -0.05) is 49.5 Å². The Morgan fingerprint density at radius 2 is 2.12 bits per heavy atom. The number of hydrogen-bond donors (Lipinski definition) is 0. The van der Waals surface area contributed by atoms with Gasteiger partial charge in [-0.05, 0) is 29.4 Å². The monoisotopic (exact) mass is 224 g/mol. The number of aldehydes is 1. The fraction of sp³-hybridized carbons (Fsp3) is 0.312. The van der Waals surface area contributed by atoms with Crippen LogP contribution in [-0.2, 0) is 4.79 Å². The number of carbonyl (C=O) groups excluding carboxylic acids is 1. The normalized spacial score (nSPS) is 34.2. The van der Waals surface area contributed by atoms with E-state index in [1.807, 2.05) is 6.08 Å². The minimum atomic E-state index is 0.427. The molecule has 0 aromatic carbocycles. The van der Waals surface area contributed by atoms with Crippen LogP contribution in [-0.4, -0.2) is 6.29 Å². The van der Waals surface area contributed by atoms with E-state index in [4.69, 9.17) is 0 Å². The van der Waals surface area contributed by atoms with Crippen molar-refractivity contribution in [2.45, 2.75) is 13.3 Å². The Balaban J connectivity index is 2.14. The van der Waals surface area contributed by atoms with Crippen molar-refractivity contribution in [1.82, 2.24) is 0 Å². The van der Waals surface area contributed by atoms with E-state index in [2.05, 4.69) is 43.4 Å². The average molecular weight is 224 g/mol. The quantitative estimate of drug-likeness (QED) is 0.624. The van der Waals surface area contributed by atoms with Gasteiger partial charge < -0.3 is 0 Å². The van der Waals surface area contributed by atoms with E-state index >= 15 is 0 Å². The molecule has 0 aliphatic heterocycles. The Morgan fingerprint density at radius 3 is 2.94 bits per heavy atom. The first-order valence-electron chi connectivity index (χ1n) is 6.24. The second-order valence-corrected chi connectivity index (χ2v) is 5.05. The lowest BCUT2D eigenvalue weighted by Crippen LogP contribution is -2.27. The highest BCUT2D eigenvalue weighted by atomic mass is 16.1. The van der Waals surface area contributed by atoms with Crippen LogP contribution in [0.15, 0.2) is 59.3 Å². The van der Waals surface area contributed by atoms with Crippen LogP contribution in [0.4, 0.5) is 0 Å². The summed E-state index contributed by atoms with van der Waals surface area (Å²) in [7, 11) is 0. The van der Waals surface area contributed by atoms with Crippen molar-refractivity contribution in [3.63, 3.8) is 0 Å². The zero-order valence-corrected chi connectivity index (χ0v) is 9.97. The molecule has 0 N–H and O–H groups in total. The molecule has 3 rings (SSSR count). The Hall–Kier alpha value is -1.63. The van der Waals surface area contributed by atoms with Crippen LogP contribution in [0.5, 0.6) is 0 Å². The number of fused-ring (bicyclic) bond motifs is 2. The first kappa shape index (κ1) is 10.5. The first-order chi connectivity index (χ1) is 8.31. The lowest BCUT2D eigenvalue weighted by atomic mass is 9.67. The third kappa shape index (κ3) is 1.57. The standard InChI is InChI=1S/C16H16O/c1-11-5-4-8-14-15(11)9-12-6-2-3-7-13(12)16(14)10-17/h2-8,10-12,15H,9H2,1H3. The smallest absolute Gasteiger partial charge is 0.150 e. The Kier molecular flexibility index (Phi) is 2.47. The average Bonchev–Trinajstić information content (AvgIpc) is 2.37. The zero-order chi connectivity index (χ0) is 11.8. The lowest BCUT2D eigenvalue weighted by molar-refractivity contribution is -0.104. The van der Waals surface area contributed by atoms with E-state index in [1.54, 1.807) is 0 Å². The van der Waals surface area contributed by atoms with Gasteiger partial charge in [0.15, 0.2) is 6.29 Å². The molecule has 86 valence electrons. The van der Waals surface area contributed by atoms with E-state index in [1.165, 1.54) is 11.1 Å². The molecule has 0 amide bonds. The van der Waals surface area contributed by atoms with Crippen molar-refractivity contribution in [3.8, 4) is 0 Å². The zero-order valence-electron chi connectivity index (χ0n) is 9.97. The second-order valence-electron chi connectivity index (χ2n) is 5.05. The van der Waals surface area contributed by atoms with Gasteiger partial charge in [0.1, 0.15) is 0 Å². The van der Waals surface area contributed by atoms with Crippen LogP contribution in [0.2, 0.25) is 0 Å². The molecular formula is C16H16O. The molecule has 3 aliphatic carbocycles. The summed E-state index contributed by atoms with van der Waals surface area (Å²) in [6.07, 6.45) is 17.0. The predicted octanol–water partition coefficient (Wildman–Crippen LogP) is 3.38. The van der Waals surface area contributed by atoms with Gasteiger partial charge in [0.25, 0.3) is 0 Å². The molecule has 17 heavy (non-hydrogen) atoms. The molecule has 3 aliphatic rings. The molecule has 0 heterocycles. The van der Waals surface area contributed by atoms with Crippen molar-refractivity contribution in [1.29, 1.82) is 0 Å². The van der Waals surface area contributed by atoms with Crippen molar-refractivity contribution in [2.75, 3.05) is 0 Å². The summed E-state index contributed by atoms with van der Waals surface area (Å²) in [4.78, 5) is 11.4. The Bertz CT molecular complexity index is 500. The largest absolute Gasteiger partial charge is 0.298 e. The van der Waals surface area contributed by atoms with Crippen LogP contribution in [0, 0.1) is 17.8 Å². The summed E-state index contributed by atoms with van der Waals surface area (Å²) < 4.78 is 0. The minimum Gasteiger partial charge on any atom is -0.298 e. The van der Waals surface area contributed by atoms with Crippen molar-refractivity contribution in [2.24, 2.45) is 17.8 Å². The molecule has 0 aromatic heterocycles. The molecular weight excluding hydrogens is 208 g/mol. The van der Waals surface area contributed by atoms with Crippen LogP contribution in [0.25, 0.3) is 0 Å². The molecule has 0 fully saturated rings. The third-order valence-corrected chi connectivity index (χ3v) is 4.10. The van der Waals surface area contributed by atoms with Crippen LogP contribution in [0.1, 0.15) is 13.3 Å². The van der Waals surface area contributed by atoms with Gasteiger partial charge in [-0.15, -0.1) is 0 Å². The predicted molar refractivity (Wildman–Crippen MR) is 69.4 cm³/mol. The topological polar surface area (TPSA) is 17.1 Å². The van der Waals surface area contributed by atoms with E-state index in [0.29, 0.717) is 17.8 Å². The van der Waals surface area contributed by atoms with Crippen LogP contribution < -0.4 is 0 Å². The van der Waals surface area contributed by atoms with Crippen LogP contribution in [0.3, 0.4) is 0 Å². The Labute approximate surface area is 102 Å². The van der Waals surface area contributed by atoms with E-state index < -0.39 is 0 Å². The molecule has 0 saturated carbocycles. The fourth-order valence-electron chi connectivity index (χ4n) is 3.16. The fourth-order valence-corrected chi connectivity index (χ4v) is 3.16. The van der Waals surface area contributed by atoms with Crippen molar-refractivity contribution < 1.29 is 4.79 Å². The molecule has 1 heteroatoms. The first-order valence-corrected chi connectivity index (χ1v) is 6.24. The van der Waals surface area contributed by atoms with Crippen LogP contribution >= 0.6 is 0 Å². The van der Waals surface area contributed by atoms with E-state index in [-0.39, 0.29) is 0 Å². The van der Waals surface area contributed by atoms with Gasteiger partial charge >= 0.3 is 0 Å². The number of allylic oxidation sites excluding steroid dienone is 10. The van der Waals surface area contributed by atoms with Gasteiger partial charge in [-0.25, -0.2) is 0 Å². The highest BCUT2D eigenvalue weighted by Crippen LogP contribution is 2.44. The van der Waals surface area contributed by atoms with Crippen molar-refractivity contribution in [3.05, 3.63) is 59.3 Å². The maximum atomic E-state index is 11.4. The molecule has 0 saturated heterocycles. The molecule has 0 bridgehead atoms. The summed E-state index contributed by atoms with van der Waals surface area (Å²) in [5, 5.41) is 0. The Morgan fingerprint density at radius 1 is 1.24 bits per heavy atom. The highest BCUT2D eigenvalue weighted by Gasteiger charge is 2.34. The molecule has 0 spiro atoms. The molecule has 1 nitrogen and oxygen atoms in total. The van der Waals surface area contributed by atoms with Gasteiger partial charge in [-0.2, -0.15) is 0 Å².